The summed E-state index contributed by atoms with van der Waals surface area (Å²) in [5, 5.41) is 0. The van der Waals surface area contributed by atoms with Crippen molar-refractivity contribution in [1.82, 2.24) is 9.80 Å². The summed E-state index contributed by atoms with van der Waals surface area (Å²) >= 11 is 0. The van der Waals surface area contributed by atoms with E-state index in [1.165, 1.54) is 7.11 Å². The van der Waals surface area contributed by atoms with Gasteiger partial charge < -0.3 is 14.5 Å². The molecule has 5 nitrogen and oxygen atoms in total. The number of guanidine groups is 1. The summed E-state index contributed by atoms with van der Waals surface area (Å²) in [6, 6.07) is 7.83. The Morgan fingerprint density at radius 2 is 2.10 bits per heavy atom. The van der Waals surface area contributed by atoms with Crippen molar-refractivity contribution in [3.05, 3.63) is 35.4 Å². The fraction of sp³-hybridized carbons (Fsp3) is 0.333. The Morgan fingerprint density at radius 1 is 1.30 bits per heavy atom. The number of carbonyl (C=O) groups is 1. The molecule has 0 radical (unpaired) electrons. The SMILES string of the molecule is COC(=O)/C1=C/c2ccccc2N=C2N(C)CCN2C1. The zero-order valence-corrected chi connectivity index (χ0v) is 11.7. The normalized spacial score (nSPS) is 20.1. The minimum atomic E-state index is -0.282. The number of esters is 1. The van der Waals surface area contributed by atoms with Crippen LogP contribution >= 0.6 is 0 Å². The number of methoxy groups -OCH3 is 1. The number of hydrogen-bond donors (Lipinski definition) is 0. The lowest BCUT2D eigenvalue weighted by molar-refractivity contribution is -0.136. The molecule has 1 saturated heterocycles. The summed E-state index contributed by atoms with van der Waals surface area (Å²) < 4.78 is 4.89. The molecule has 0 unspecified atom stereocenters. The van der Waals surface area contributed by atoms with Crippen LogP contribution in [0.4, 0.5) is 5.69 Å². The Bertz CT molecular complexity index is 607. The average Bonchev–Trinajstić information content (AvgIpc) is 2.77. The minimum Gasteiger partial charge on any atom is -0.466 e. The second kappa shape index (κ2) is 5.00. The first-order chi connectivity index (χ1) is 9.69. The monoisotopic (exact) mass is 271 g/mol. The molecule has 1 aromatic rings. The molecule has 0 amide bonds. The number of ether oxygens (including phenoxy) is 1. The molecule has 0 aromatic heterocycles. The van der Waals surface area contributed by atoms with E-state index in [2.05, 4.69) is 9.80 Å². The smallest absolute Gasteiger partial charge is 0.335 e. The van der Waals surface area contributed by atoms with Gasteiger partial charge in [-0.3, -0.25) is 0 Å². The van der Waals surface area contributed by atoms with Crippen LogP contribution in [0, 0.1) is 0 Å². The molecule has 1 aromatic carbocycles. The van der Waals surface area contributed by atoms with Crippen LogP contribution in [0.3, 0.4) is 0 Å². The summed E-state index contributed by atoms with van der Waals surface area (Å²) in [5.74, 6) is 0.627. The van der Waals surface area contributed by atoms with Crippen LogP contribution in [-0.2, 0) is 9.53 Å². The molecule has 104 valence electrons. The molecule has 1 fully saturated rings. The van der Waals surface area contributed by atoms with Gasteiger partial charge in [0.1, 0.15) is 0 Å². The number of para-hydroxylation sites is 1. The van der Waals surface area contributed by atoms with Gasteiger partial charge in [-0.05, 0) is 12.1 Å². The summed E-state index contributed by atoms with van der Waals surface area (Å²) in [6.45, 7) is 2.31. The van der Waals surface area contributed by atoms with Crippen LogP contribution < -0.4 is 0 Å². The van der Waals surface area contributed by atoms with Crippen molar-refractivity contribution in [3.63, 3.8) is 0 Å². The van der Waals surface area contributed by atoms with E-state index in [-0.39, 0.29) is 5.97 Å². The second-order valence-electron chi connectivity index (χ2n) is 4.97. The van der Waals surface area contributed by atoms with E-state index in [0.717, 1.165) is 30.3 Å². The van der Waals surface area contributed by atoms with Crippen LogP contribution in [0.25, 0.3) is 6.08 Å². The van der Waals surface area contributed by atoms with Crippen LogP contribution in [0.15, 0.2) is 34.8 Å². The van der Waals surface area contributed by atoms with E-state index < -0.39 is 0 Å². The maximum atomic E-state index is 11.9. The third kappa shape index (κ3) is 2.15. The number of hydrogen-bond acceptors (Lipinski definition) is 5. The van der Waals surface area contributed by atoms with Crippen LogP contribution in [0.2, 0.25) is 0 Å². The molecule has 0 spiro atoms. The van der Waals surface area contributed by atoms with Gasteiger partial charge in [0.25, 0.3) is 0 Å². The number of likely N-dealkylation sites (N-methyl/N-ethyl adjacent to an activating group) is 1. The van der Waals surface area contributed by atoms with Crippen molar-refractivity contribution in [1.29, 1.82) is 0 Å². The van der Waals surface area contributed by atoms with Crippen molar-refractivity contribution in [2.24, 2.45) is 4.99 Å². The molecular weight excluding hydrogens is 254 g/mol. The summed E-state index contributed by atoms with van der Waals surface area (Å²) in [5.41, 5.74) is 2.48. The number of nitrogens with zero attached hydrogens (tertiary/aromatic N) is 3. The van der Waals surface area contributed by atoms with Crippen molar-refractivity contribution in [2.45, 2.75) is 0 Å². The molecule has 0 aliphatic carbocycles. The van der Waals surface area contributed by atoms with E-state index in [0.29, 0.717) is 12.1 Å². The standard InChI is InChI=1S/C15H17N3O2/c1-17-7-8-18-10-12(14(19)20-2)9-11-5-3-4-6-13(11)16-15(17)18/h3-6,9H,7-8,10H2,1-2H3/b12-9+,16-15?. The van der Waals surface area contributed by atoms with Gasteiger partial charge in [-0.1, -0.05) is 18.2 Å². The topological polar surface area (TPSA) is 45.1 Å². The number of fused-ring (bicyclic) bond motifs is 2. The molecule has 0 bridgehead atoms. The van der Waals surface area contributed by atoms with Gasteiger partial charge in [0.05, 0.1) is 24.9 Å². The van der Waals surface area contributed by atoms with Gasteiger partial charge in [0.2, 0.25) is 5.96 Å². The van der Waals surface area contributed by atoms with Gasteiger partial charge in [-0.25, -0.2) is 9.79 Å². The van der Waals surface area contributed by atoms with Crippen LogP contribution in [0.1, 0.15) is 5.56 Å². The van der Waals surface area contributed by atoms with E-state index in [1.54, 1.807) is 0 Å². The lowest BCUT2D eigenvalue weighted by Gasteiger charge is -2.23. The molecule has 5 heteroatoms. The first kappa shape index (κ1) is 12.7. The first-order valence-corrected chi connectivity index (χ1v) is 6.62. The van der Waals surface area contributed by atoms with Gasteiger partial charge in [-0.15, -0.1) is 0 Å². The van der Waals surface area contributed by atoms with E-state index in [4.69, 9.17) is 9.73 Å². The van der Waals surface area contributed by atoms with Gasteiger partial charge in [0, 0.05) is 25.7 Å². The van der Waals surface area contributed by atoms with Crippen LogP contribution in [-0.4, -0.2) is 55.5 Å². The fourth-order valence-corrected chi connectivity index (χ4v) is 2.53. The molecule has 0 saturated carbocycles. The van der Waals surface area contributed by atoms with Crippen molar-refractivity contribution in [3.8, 4) is 0 Å². The average molecular weight is 271 g/mol. The summed E-state index contributed by atoms with van der Waals surface area (Å²) in [6.07, 6.45) is 1.87. The molecule has 20 heavy (non-hydrogen) atoms. The Kier molecular flexibility index (Phi) is 3.18. The van der Waals surface area contributed by atoms with Gasteiger partial charge in [-0.2, -0.15) is 0 Å². The Labute approximate surface area is 118 Å². The quantitative estimate of drug-likeness (QED) is 0.726. The third-order valence-electron chi connectivity index (χ3n) is 3.63. The molecule has 2 aliphatic rings. The molecule has 3 rings (SSSR count). The highest BCUT2D eigenvalue weighted by Gasteiger charge is 2.27. The number of carbonyl (C=O) groups excluding carboxylic acids is 1. The van der Waals surface area contributed by atoms with E-state index >= 15 is 0 Å². The second-order valence-corrected chi connectivity index (χ2v) is 4.97. The lowest BCUT2D eigenvalue weighted by Crippen LogP contribution is -2.34. The zero-order valence-electron chi connectivity index (χ0n) is 11.7. The zero-order chi connectivity index (χ0) is 14.1. The van der Waals surface area contributed by atoms with Crippen LogP contribution in [0.5, 0.6) is 0 Å². The Balaban J connectivity index is 2.12. The van der Waals surface area contributed by atoms with E-state index in [1.807, 2.05) is 37.4 Å². The van der Waals surface area contributed by atoms with Crippen molar-refractivity contribution < 1.29 is 9.53 Å². The van der Waals surface area contributed by atoms with Gasteiger partial charge in [0.15, 0.2) is 0 Å². The molecule has 0 atom stereocenters. The predicted octanol–water partition coefficient (Wildman–Crippen LogP) is 1.49. The summed E-state index contributed by atoms with van der Waals surface area (Å²) in [4.78, 5) is 20.9. The van der Waals surface area contributed by atoms with E-state index in [9.17, 15) is 4.79 Å². The predicted molar refractivity (Wildman–Crippen MR) is 77.7 cm³/mol. The number of rotatable bonds is 1. The fourth-order valence-electron chi connectivity index (χ4n) is 2.53. The van der Waals surface area contributed by atoms with Gasteiger partial charge >= 0.3 is 5.97 Å². The highest BCUT2D eigenvalue weighted by atomic mass is 16.5. The highest BCUT2D eigenvalue weighted by molar-refractivity contribution is 5.97. The highest BCUT2D eigenvalue weighted by Crippen LogP contribution is 2.26. The largest absolute Gasteiger partial charge is 0.466 e. The Morgan fingerprint density at radius 3 is 2.90 bits per heavy atom. The summed E-state index contributed by atoms with van der Waals surface area (Å²) in [7, 11) is 3.43. The Hall–Kier alpha value is -2.30. The number of benzene rings is 1. The molecule has 2 aliphatic heterocycles. The van der Waals surface area contributed by atoms with Crippen molar-refractivity contribution >= 4 is 23.7 Å². The molecular formula is C15H17N3O2. The third-order valence-corrected chi connectivity index (χ3v) is 3.63. The minimum absolute atomic E-state index is 0.282. The number of aliphatic imine (C=N–C) groups is 1. The maximum absolute atomic E-state index is 11.9. The molecule has 2 heterocycles. The van der Waals surface area contributed by atoms with Crippen molar-refractivity contribution in [2.75, 3.05) is 33.8 Å². The lowest BCUT2D eigenvalue weighted by atomic mass is 10.1. The first-order valence-electron chi connectivity index (χ1n) is 6.62. The maximum Gasteiger partial charge on any atom is 0.335 e. The molecule has 0 N–H and O–H groups in total.